The quantitative estimate of drug-likeness (QED) is 0.517. The molecule has 0 amide bonds. The van der Waals surface area contributed by atoms with Gasteiger partial charge in [-0.1, -0.05) is 40.7 Å². The van der Waals surface area contributed by atoms with Crippen LogP contribution in [0, 0.1) is 11.3 Å². The first-order chi connectivity index (χ1) is 10.8. The number of aliphatic hydroxyl groups is 1. The van der Waals surface area contributed by atoms with Crippen LogP contribution in [0.3, 0.4) is 0 Å². The molecule has 0 bridgehead atoms. The van der Waals surface area contributed by atoms with Gasteiger partial charge in [-0.2, -0.15) is 5.10 Å². The van der Waals surface area contributed by atoms with Crippen molar-refractivity contribution in [3.05, 3.63) is 12.7 Å². The molecule has 0 aliphatic carbocycles. The van der Waals surface area contributed by atoms with E-state index in [1.807, 2.05) is 13.0 Å². The van der Waals surface area contributed by atoms with Gasteiger partial charge in [0.25, 0.3) is 0 Å². The molecule has 23 heavy (non-hydrogen) atoms. The zero-order chi connectivity index (χ0) is 17.7. The van der Waals surface area contributed by atoms with Gasteiger partial charge in [0.1, 0.15) is 0 Å². The number of ether oxygens (including phenoxy) is 1. The third-order valence-corrected chi connectivity index (χ3v) is 6.11. The second kappa shape index (κ2) is 8.29. The zero-order valence-electron chi connectivity index (χ0n) is 15.9. The Kier molecular flexibility index (Phi) is 7.28. The fraction of sp³-hybridized carbons (Fsp3) is 0.842. The summed E-state index contributed by atoms with van der Waals surface area (Å²) in [5.41, 5.74) is -0.523. The first kappa shape index (κ1) is 20.2. The van der Waals surface area contributed by atoms with Gasteiger partial charge in [-0.05, 0) is 31.6 Å². The molecule has 0 unspecified atom stereocenters. The summed E-state index contributed by atoms with van der Waals surface area (Å²) >= 11 is 0. The van der Waals surface area contributed by atoms with E-state index in [0.717, 1.165) is 32.2 Å². The van der Waals surface area contributed by atoms with E-state index < -0.39 is 6.10 Å². The lowest BCUT2D eigenvalue weighted by Crippen LogP contribution is -2.49. The Labute approximate surface area is 142 Å². The lowest BCUT2D eigenvalue weighted by atomic mass is 9.75. The van der Waals surface area contributed by atoms with Crippen molar-refractivity contribution in [1.82, 2.24) is 5.01 Å². The lowest BCUT2D eigenvalue weighted by molar-refractivity contribution is -0.0733. The highest BCUT2D eigenvalue weighted by Crippen LogP contribution is 2.35. The summed E-state index contributed by atoms with van der Waals surface area (Å²) in [5.74, 6) is 0.292. The highest BCUT2D eigenvalue weighted by Gasteiger charge is 2.42. The number of methoxy groups -OCH3 is 1. The van der Waals surface area contributed by atoms with E-state index in [9.17, 15) is 5.11 Å². The highest BCUT2D eigenvalue weighted by atomic mass is 16.5. The van der Waals surface area contributed by atoms with Crippen molar-refractivity contribution < 1.29 is 9.84 Å². The van der Waals surface area contributed by atoms with Gasteiger partial charge in [0.15, 0.2) is 0 Å². The molecule has 1 aliphatic heterocycles. The fourth-order valence-corrected chi connectivity index (χ4v) is 3.58. The Balaban J connectivity index is 2.92. The van der Waals surface area contributed by atoms with E-state index in [4.69, 9.17) is 4.74 Å². The van der Waals surface area contributed by atoms with Crippen LogP contribution in [-0.2, 0) is 4.74 Å². The van der Waals surface area contributed by atoms with E-state index in [2.05, 4.69) is 44.4 Å². The van der Waals surface area contributed by atoms with Gasteiger partial charge in [-0.25, -0.2) is 0 Å². The molecule has 1 fully saturated rings. The minimum Gasteiger partial charge on any atom is -0.386 e. The van der Waals surface area contributed by atoms with E-state index in [1.165, 1.54) is 0 Å². The Morgan fingerprint density at radius 3 is 2.43 bits per heavy atom. The van der Waals surface area contributed by atoms with Crippen molar-refractivity contribution in [3.8, 4) is 0 Å². The zero-order valence-corrected chi connectivity index (χ0v) is 15.9. The summed E-state index contributed by atoms with van der Waals surface area (Å²) in [6.07, 6.45) is 7.03. The fourth-order valence-electron chi connectivity index (χ4n) is 3.58. The van der Waals surface area contributed by atoms with Gasteiger partial charge in [0.2, 0.25) is 0 Å². The largest absolute Gasteiger partial charge is 0.386 e. The van der Waals surface area contributed by atoms with E-state index in [0.29, 0.717) is 5.92 Å². The predicted molar refractivity (Wildman–Crippen MR) is 97.7 cm³/mol. The van der Waals surface area contributed by atoms with Crippen molar-refractivity contribution in [3.63, 3.8) is 0 Å². The molecule has 4 nitrogen and oxygen atoms in total. The van der Waals surface area contributed by atoms with Crippen LogP contribution in [0.5, 0.6) is 0 Å². The van der Waals surface area contributed by atoms with Gasteiger partial charge in [-0.15, -0.1) is 6.58 Å². The third-order valence-electron chi connectivity index (χ3n) is 6.11. The van der Waals surface area contributed by atoms with Crippen molar-refractivity contribution in [2.24, 2.45) is 16.4 Å². The number of rotatable bonds is 9. The van der Waals surface area contributed by atoms with E-state index in [-0.39, 0.29) is 17.1 Å². The number of hydrogen-bond donors (Lipinski definition) is 1. The molecule has 134 valence electrons. The molecule has 4 heteroatoms. The standard InChI is InChI=1S/C19H36N2O2/c1-8-18(6,15(4)5)17(22)14-20-21-13-11-12-16(21)19(9-2,10-3)23-7/h8,14-17,22H,1,9-13H2,2-7H3/b20-14+/t16-,17-,18-/m0/s1. The summed E-state index contributed by atoms with van der Waals surface area (Å²) in [6, 6.07) is 0.278. The van der Waals surface area contributed by atoms with E-state index in [1.54, 1.807) is 13.3 Å². The predicted octanol–water partition coefficient (Wildman–Crippen LogP) is 3.85. The maximum absolute atomic E-state index is 10.6. The molecule has 1 rings (SSSR count). The van der Waals surface area contributed by atoms with Crippen molar-refractivity contribution >= 4 is 6.21 Å². The van der Waals surface area contributed by atoms with Crippen LogP contribution in [0.15, 0.2) is 17.8 Å². The first-order valence-corrected chi connectivity index (χ1v) is 8.98. The number of nitrogens with zero attached hydrogens (tertiary/aromatic N) is 2. The minimum absolute atomic E-state index is 0.154. The average Bonchev–Trinajstić information content (AvgIpc) is 3.03. The van der Waals surface area contributed by atoms with Crippen molar-refractivity contribution in [2.75, 3.05) is 13.7 Å². The van der Waals surface area contributed by atoms with Crippen LogP contribution in [0.25, 0.3) is 0 Å². The molecule has 0 aromatic carbocycles. The summed E-state index contributed by atoms with van der Waals surface area (Å²) in [6.45, 7) is 15.4. The minimum atomic E-state index is -0.638. The molecule has 1 N–H and O–H groups in total. The topological polar surface area (TPSA) is 45.1 Å². The molecule has 0 aromatic heterocycles. The molecular formula is C19H36N2O2. The molecule has 1 aliphatic rings. The Morgan fingerprint density at radius 2 is 2.00 bits per heavy atom. The van der Waals surface area contributed by atoms with Gasteiger partial charge in [-0.3, -0.25) is 5.01 Å². The summed E-state index contributed by atoms with van der Waals surface area (Å²) in [7, 11) is 1.80. The molecule has 0 saturated carbocycles. The third kappa shape index (κ3) is 3.97. The molecule has 0 aromatic rings. The molecule has 0 spiro atoms. The van der Waals surface area contributed by atoms with Gasteiger partial charge < -0.3 is 9.84 Å². The Bertz CT molecular complexity index is 396. The molecule has 1 saturated heterocycles. The van der Waals surface area contributed by atoms with Gasteiger partial charge in [0, 0.05) is 19.1 Å². The Morgan fingerprint density at radius 1 is 1.39 bits per heavy atom. The monoisotopic (exact) mass is 324 g/mol. The maximum atomic E-state index is 10.6. The van der Waals surface area contributed by atoms with Crippen LogP contribution < -0.4 is 0 Å². The Hall–Kier alpha value is -0.870. The number of hydrazone groups is 1. The van der Waals surface area contributed by atoms with Crippen molar-refractivity contribution in [1.29, 1.82) is 0 Å². The van der Waals surface area contributed by atoms with Crippen LogP contribution >= 0.6 is 0 Å². The van der Waals surface area contributed by atoms with Crippen LogP contribution in [0.1, 0.15) is 60.3 Å². The maximum Gasteiger partial charge on any atom is 0.0998 e. The highest BCUT2D eigenvalue weighted by molar-refractivity contribution is 5.64. The van der Waals surface area contributed by atoms with E-state index >= 15 is 0 Å². The average molecular weight is 325 g/mol. The van der Waals surface area contributed by atoms with Crippen LogP contribution in [0.4, 0.5) is 0 Å². The molecule has 1 heterocycles. The number of aliphatic hydroxyl groups excluding tert-OH is 1. The second-order valence-corrected chi connectivity index (χ2v) is 7.23. The second-order valence-electron chi connectivity index (χ2n) is 7.23. The summed E-state index contributed by atoms with van der Waals surface area (Å²) in [4.78, 5) is 0. The molecular weight excluding hydrogens is 288 g/mol. The smallest absolute Gasteiger partial charge is 0.0998 e. The molecule has 0 radical (unpaired) electrons. The summed E-state index contributed by atoms with van der Waals surface area (Å²) in [5, 5.41) is 17.3. The normalized spacial score (nSPS) is 23.5. The summed E-state index contributed by atoms with van der Waals surface area (Å²) < 4.78 is 5.89. The molecule has 3 atom stereocenters. The first-order valence-electron chi connectivity index (χ1n) is 8.98. The number of hydrogen-bond acceptors (Lipinski definition) is 4. The van der Waals surface area contributed by atoms with Crippen LogP contribution in [-0.4, -0.2) is 47.7 Å². The van der Waals surface area contributed by atoms with Gasteiger partial charge in [0.05, 0.1) is 24.0 Å². The SMILES string of the molecule is C=C[C@@](C)(C(C)C)[C@@H](O)/C=N/N1CCC[C@H]1C(CC)(CC)OC. The van der Waals surface area contributed by atoms with Gasteiger partial charge >= 0.3 is 0 Å². The van der Waals surface area contributed by atoms with Crippen molar-refractivity contribution in [2.45, 2.75) is 78.0 Å². The lowest BCUT2D eigenvalue weighted by Gasteiger charge is -2.40. The van der Waals surface area contributed by atoms with Crippen LogP contribution in [0.2, 0.25) is 0 Å².